The lowest BCUT2D eigenvalue weighted by molar-refractivity contribution is 0.0124. The van der Waals surface area contributed by atoms with Crippen molar-refractivity contribution in [2.75, 3.05) is 60.7 Å². The zero-order valence-corrected chi connectivity index (χ0v) is 18.9. The van der Waals surface area contributed by atoms with Crippen molar-refractivity contribution in [3.63, 3.8) is 0 Å². The van der Waals surface area contributed by atoms with Crippen molar-refractivity contribution in [3.8, 4) is 11.5 Å². The Hall–Kier alpha value is -2.71. The summed E-state index contributed by atoms with van der Waals surface area (Å²) < 4.78 is 22.2. The number of furan rings is 1. The van der Waals surface area contributed by atoms with E-state index in [1.165, 1.54) is 0 Å². The third-order valence-corrected chi connectivity index (χ3v) is 5.42. The van der Waals surface area contributed by atoms with E-state index in [-0.39, 0.29) is 6.04 Å². The van der Waals surface area contributed by atoms with Gasteiger partial charge >= 0.3 is 0 Å². The molecule has 1 aromatic carbocycles. The van der Waals surface area contributed by atoms with Gasteiger partial charge in [-0.05, 0) is 43.2 Å². The Balaban J connectivity index is 1.54. The number of benzene rings is 1. The predicted molar refractivity (Wildman–Crippen MR) is 121 cm³/mol. The van der Waals surface area contributed by atoms with Crippen LogP contribution in [0.2, 0.25) is 0 Å². The van der Waals surface area contributed by atoms with Gasteiger partial charge in [-0.2, -0.15) is 0 Å². The van der Waals surface area contributed by atoms with Gasteiger partial charge in [0.05, 0.1) is 33.5 Å². The summed E-state index contributed by atoms with van der Waals surface area (Å²) in [6, 6.07) is 10.2. The molecule has 2 heterocycles. The van der Waals surface area contributed by atoms with Crippen LogP contribution in [0.25, 0.3) is 0 Å². The first-order valence-electron chi connectivity index (χ1n) is 10.7. The molecular formula is C23H34N4O4. The van der Waals surface area contributed by atoms with Crippen molar-refractivity contribution in [2.24, 2.45) is 4.99 Å². The number of ether oxygens (including phenoxy) is 3. The number of methoxy groups -OCH3 is 2. The molecular weight excluding hydrogens is 396 g/mol. The van der Waals surface area contributed by atoms with E-state index >= 15 is 0 Å². The van der Waals surface area contributed by atoms with E-state index in [9.17, 15) is 0 Å². The molecule has 0 saturated carbocycles. The van der Waals surface area contributed by atoms with Gasteiger partial charge in [-0.3, -0.25) is 9.89 Å². The molecule has 8 heteroatoms. The number of aliphatic imine (C=N–C) groups is 1. The van der Waals surface area contributed by atoms with Crippen LogP contribution in [0.15, 0.2) is 39.7 Å². The van der Waals surface area contributed by atoms with E-state index in [1.807, 2.05) is 31.2 Å². The minimum Gasteiger partial charge on any atom is -0.493 e. The van der Waals surface area contributed by atoms with Gasteiger partial charge in [0, 0.05) is 33.2 Å². The Morgan fingerprint density at radius 3 is 2.52 bits per heavy atom. The highest BCUT2D eigenvalue weighted by Crippen LogP contribution is 2.27. The molecule has 3 rings (SSSR count). The van der Waals surface area contributed by atoms with Crippen molar-refractivity contribution in [2.45, 2.75) is 19.4 Å². The number of nitrogens with zero attached hydrogens (tertiary/aromatic N) is 2. The molecule has 1 atom stereocenters. The molecule has 2 aromatic rings. The summed E-state index contributed by atoms with van der Waals surface area (Å²) in [5.41, 5.74) is 1.16. The van der Waals surface area contributed by atoms with Crippen LogP contribution in [0.4, 0.5) is 0 Å². The van der Waals surface area contributed by atoms with Crippen LogP contribution in [-0.4, -0.2) is 71.5 Å². The van der Waals surface area contributed by atoms with Gasteiger partial charge in [-0.1, -0.05) is 6.07 Å². The second kappa shape index (κ2) is 11.6. The minimum absolute atomic E-state index is 0.127. The fourth-order valence-corrected chi connectivity index (χ4v) is 3.71. The highest BCUT2D eigenvalue weighted by Gasteiger charge is 2.25. The van der Waals surface area contributed by atoms with Crippen LogP contribution >= 0.6 is 0 Å². The van der Waals surface area contributed by atoms with E-state index in [0.29, 0.717) is 6.54 Å². The lowest BCUT2D eigenvalue weighted by Gasteiger charge is -2.33. The molecule has 0 bridgehead atoms. The lowest BCUT2D eigenvalue weighted by Crippen LogP contribution is -2.46. The van der Waals surface area contributed by atoms with Crippen LogP contribution in [0.3, 0.4) is 0 Å². The fraction of sp³-hybridized carbons (Fsp3) is 0.522. The smallest absolute Gasteiger partial charge is 0.191 e. The van der Waals surface area contributed by atoms with E-state index in [1.54, 1.807) is 21.3 Å². The monoisotopic (exact) mass is 430 g/mol. The highest BCUT2D eigenvalue weighted by molar-refractivity contribution is 5.79. The Kier molecular flexibility index (Phi) is 8.61. The molecule has 1 saturated heterocycles. The molecule has 0 spiro atoms. The number of guanidine groups is 1. The molecule has 8 nitrogen and oxygen atoms in total. The average Bonchev–Trinajstić information content (AvgIpc) is 3.24. The molecule has 1 aliphatic heterocycles. The summed E-state index contributed by atoms with van der Waals surface area (Å²) in [4.78, 5) is 6.77. The van der Waals surface area contributed by atoms with Crippen LogP contribution in [0.5, 0.6) is 11.5 Å². The Bertz CT molecular complexity index is 846. The molecule has 1 aromatic heterocycles. The van der Waals surface area contributed by atoms with Crippen molar-refractivity contribution < 1.29 is 18.6 Å². The molecule has 0 aliphatic carbocycles. The highest BCUT2D eigenvalue weighted by atomic mass is 16.5. The van der Waals surface area contributed by atoms with Crippen molar-refractivity contribution in [3.05, 3.63) is 47.4 Å². The first-order valence-corrected chi connectivity index (χ1v) is 10.7. The van der Waals surface area contributed by atoms with E-state index < -0.39 is 0 Å². The van der Waals surface area contributed by atoms with Gasteiger partial charge in [-0.25, -0.2) is 0 Å². The van der Waals surface area contributed by atoms with Crippen molar-refractivity contribution >= 4 is 5.96 Å². The largest absolute Gasteiger partial charge is 0.493 e. The minimum atomic E-state index is 0.127. The summed E-state index contributed by atoms with van der Waals surface area (Å²) in [5, 5.41) is 6.85. The third kappa shape index (κ3) is 6.38. The maximum absolute atomic E-state index is 5.94. The van der Waals surface area contributed by atoms with Gasteiger partial charge < -0.3 is 29.3 Å². The summed E-state index contributed by atoms with van der Waals surface area (Å²) in [5.74, 6) is 4.13. The maximum atomic E-state index is 5.94. The van der Waals surface area contributed by atoms with Crippen molar-refractivity contribution in [1.82, 2.24) is 15.5 Å². The van der Waals surface area contributed by atoms with Crippen LogP contribution < -0.4 is 20.1 Å². The Morgan fingerprint density at radius 2 is 1.87 bits per heavy atom. The molecule has 31 heavy (non-hydrogen) atoms. The zero-order valence-electron chi connectivity index (χ0n) is 18.9. The van der Waals surface area contributed by atoms with Gasteiger partial charge in [0.2, 0.25) is 0 Å². The second-order valence-electron chi connectivity index (χ2n) is 7.43. The Morgan fingerprint density at radius 1 is 1.10 bits per heavy atom. The van der Waals surface area contributed by atoms with Crippen molar-refractivity contribution in [1.29, 1.82) is 0 Å². The van der Waals surface area contributed by atoms with Gasteiger partial charge in [0.1, 0.15) is 11.5 Å². The van der Waals surface area contributed by atoms with Gasteiger partial charge in [-0.15, -0.1) is 0 Å². The molecule has 0 radical (unpaired) electrons. The number of hydrogen-bond donors (Lipinski definition) is 2. The normalized spacial score (nSPS) is 16.1. The average molecular weight is 431 g/mol. The number of nitrogens with one attached hydrogen (secondary N) is 2. The molecule has 2 N–H and O–H groups in total. The topological polar surface area (TPSA) is 80.5 Å². The second-order valence-corrected chi connectivity index (χ2v) is 7.43. The number of aryl methyl sites for hydroxylation is 1. The third-order valence-electron chi connectivity index (χ3n) is 5.42. The summed E-state index contributed by atoms with van der Waals surface area (Å²) in [6.07, 6.45) is 0.839. The van der Waals surface area contributed by atoms with E-state index in [4.69, 9.17) is 18.6 Å². The lowest BCUT2D eigenvalue weighted by atomic mass is 10.1. The fourth-order valence-electron chi connectivity index (χ4n) is 3.71. The van der Waals surface area contributed by atoms with Crippen LogP contribution in [0.1, 0.15) is 23.1 Å². The van der Waals surface area contributed by atoms with Gasteiger partial charge in [0.15, 0.2) is 17.5 Å². The predicted octanol–water partition coefficient (Wildman–Crippen LogP) is 2.39. The van der Waals surface area contributed by atoms with E-state index in [0.717, 1.165) is 73.8 Å². The zero-order chi connectivity index (χ0) is 22.1. The molecule has 1 aliphatic rings. The Labute approximate surface area is 184 Å². The van der Waals surface area contributed by atoms with Gasteiger partial charge in [0.25, 0.3) is 0 Å². The van der Waals surface area contributed by atoms with Crippen LogP contribution in [-0.2, 0) is 11.2 Å². The quantitative estimate of drug-likeness (QED) is 0.467. The van der Waals surface area contributed by atoms with Crippen LogP contribution in [0, 0.1) is 6.92 Å². The first kappa shape index (κ1) is 23.0. The number of rotatable bonds is 9. The molecule has 1 unspecified atom stereocenters. The number of morpholine rings is 1. The van der Waals surface area contributed by atoms with E-state index in [2.05, 4.69) is 26.6 Å². The molecule has 0 amide bonds. The summed E-state index contributed by atoms with van der Waals surface area (Å²) >= 11 is 0. The molecule has 1 fully saturated rings. The standard InChI is InChI=1S/C23H34N4O4/c1-17-5-7-20(31-17)19(27-11-13-30-14-12-27)16-26-23(24-2)25-10-9-18-6-8-21(28-3)22(15-18)29-4/h5-8,15,19H,9-14,16H2,1-4H3,(H2,24,25,26). The summed E-state index contributed by atoms with van der Waals surface area (Å²) in [6.45, 7) is 6.68. The molecule has 170 valence electrons. The maximum Gasteiger partial charge on any atom is 0.191 e. The SMILES string of the molecule is CN=C(NCCc1ccc(OC)c(OC)c1)NCC(c1ccc(C)o1)N1CCOCC1. The number of hydrogen-bond acceptors (Lipinski definition) is 6. The first-order chi connectivity index (χ1) is 15.1. The summed E-state index contributed by atoms with van der Waals surface area (Å²) in [7, 11) is 5.08.